The summed E-state index contributed by atoms with van der Waals surface area (Å²) in [4.78, 5) is 82.7. The Hall–Kier alpha value is -3.79. The number of pyridine rings is 1. The lowest BCUT2D eigenvalue weighted by molar-refractivity contribution is -0.150. The molecule has 21 heteroatoms. The van der Waals surface area contributed by atoms with Crippen LogP contribution in [0.3, 0.4) is 0 Å². The van der Waals surface area contributed by atoms with Gasteiger partial charge >= 0.3 is 5.97 Å². The van der Waals surface area contributed by atoms with Gasteiger partial charge in [0.25, 0.3) is 11.8 Å². The minimum atomic E-state index is -1.61. The van der Waals surface area contributed by atoms with Crippen molar-refractivity contribution < 1.29 is 29.1 Å². The summed E-state index contributed by atoms with van der Waals surface area (Å²) in [6.45, 7) is 0.296. The first-order chi connectivity index (χ1) is 21.0. The number of thioether (sulfide) groups is 3. The van der Waals surface area contributed by atoms with E-state index in [-0.39, 0.29) is 28.8 Å². The number of nitrogens with one attached hydrogen (secondary N) is 2. The van der Waals surface area contributed by atoms with Gasteiger partial charge in [-0.1, -0.05) is 11.8 Å². The summed E-state index contributed by atoms with van der Waals surface area (Å²) in [5, 5.41) is 17.2. The minimum absolute atomic E-state index is 0.0410. The van der Waals surface area contributed by atoms with Crippen LogP contribution in [0.25, 0.3) is 0 Å². The van der Waals surface area contributed by atoms with Crippen molar-refractivity contribution in [2.24, 2.45) is 16.6 Å². The molecule has 44 heavy (non-hydrogen) atoms. The van der Waals surface area contributed by atoms with Gasteiger partial charge in [-0.15, -0.1) is 16.7 Å². The Morgan fingerprint density at radius 3 is 2.70 bits per heavy atom. The Kier molecular flexibility index (Phi) is 11.1. The number of nitrogens with two attached hydrogens (primary N) is 3. The maximum Gasteiger partial charge on any atom is 0.353 e. The highest BCUT2D eigenvalue weighted by atomic mass is 32.2. The molecule has 1 unspecified atom stereocenters. The third kappa shape index (κ3) is 7.64. The number of amides is 4. The maximum absolute atomic E-state index is 13.1. The van der Waals surface area contributed by atoms with E-state index in [1.54, 1.807) is 18.3 Å². The summed E-state index contributed by atoms with van der Waals surface area (Å²) in [6.07, 6.45) is 1.35. The molecule has 9 N–H and O–H groups in total. The minimum Gasteiger partial charge on any atom is -0.477 e. The second-order valence-corrected chi connectivity index (χ2v) is 13.3. The Balaban J connectivity index is 1.38. The first-order valence-corrected chi connectivity index (χ1v) is 16.4. The van der Waals surface area contributed by atoms with Gasteiger partial charge in [0.15, 0.2) is 11.0 Å². The summed E-state index contributed by atoms with van der Waals surface area (Å²) in [7, 11) is 0. The van der Waals surface area contributed by atoms with Crippen LogP contribution < -0.4 is 27.8 Å². The molecule has 0 radical (unpaired) electrons. The number of primary amides is 1. The molecule has 234 valence electrons. The number of carbonyl (C=O) groups excluding carboxylic acids is 4. The molecule has 0 saturated carbocycles. The number of carboxylic acid groups (broad SMARTS) is 1. The standard InChI is InChI=1S/C23H26N10O7S4/c24-9(6-13(25)34)18(35)28-4-5-41-7-10-11(2-1-3-27-10)43-12-8-42-21-15(20(37)33(21)16(12)22(38)39)29-19(36)14(31-40)17-30-23(26)44-32-17/h1-3,9,14-15,21H,4-8,24H2,(H2,25,34)(H,28,35)(H,29,36)(H,38,39)(H2,26,30,32)/t9-,14?,15+,21-/m0/s1. The van der Waals surface area contributed by atoms with Crippen LogP contribution in [0.1, 0.15) is 24.0 Å². The van der Waals surface area contributed by atoms with Gasteiger partial charge < -0.3 is 32.9 Å². The van der Waals surface area contributed by atoms with E-state index in [9.17, 15) is 34.0 Å². The molecule has 0 spiro atoms. The van der Waals surface area contributed by atoms with Crippen LogP contribution in [0.5, 0.6) is 0 Å². The maximum atomic E-state index is 13.1. The topological polar surface area (TPSA) is 279 Å². The van der Waals surface area contributed by atoms with Gasteiger partial charge in [0.1, 0.15) is 17.1 Å². The molecular weight excluding hydrogens is 657 g/mol. The summed E-state index contributed by atoms with van der Waals surface area (Å²) in [5.74, 6) is -3.02. The number of aliphatic carboxylic acids is 1. The largest absolute Gasteiger partial charge is 0.477 e. The average molecular weight is 683 g/mol. The first-order valence-electron chi connectivity index (χ1n) is 12.7. The van der Waals surface area contributed by atoms with Crippen LogP contribution in [0.15, 0.2) is 39.0 Å². The third-order valence-electron chi connectivity index (χ3n) is 6.11. The molecule has 17 nitrogen and oxygen atoms in total. The van der Waals surface area contributed by atoms with Gasteiger partial charge in [-0.2, -0.15) is 16.1 Å². The van der Waals surface area contributed by atoms with Crippen LogP contribution in [0, 0.1) is 4.91 Å². The van der Waals surface area contributed by atoms with Crippen molar-refractivity contribution in [2.45, 2.75) is 40.6 Å². The van der Waals surface area contributed by atoms with Gasteiger partial charge in [0.05, 0.1) is 18.2 Å². The Morgan fingerprint density at radius 2 is 2.05 bits per heavy atom. The number of anilines is 1. The number of hydrogen-bond donors (Lipinski definition) is 6. The molecule has 1 saturated heterocycles. The molecule has 4 atom stereocenters. The van der Waals surface area contributed by atoms with E-state index in [0.29, 0.717) is 33.5 Å². The monoisotopic (exact) mass is 682 g/mol. The summed E-state index contributed by atoms with van der Waals surface area (Å²) < 4.78 is 3.82. The van der Waals surface area contributed by atoms with E-state index >= 15 is 0 Å². The van der Waals surface area contributed by atoms with Gasteiger partial charge in [-0.25, -0.2) is 9.78 Å². The first kappa shape index (κ1) is 33.1. The van der Waals surface area contributed by atoms with E-state index in [1.165, 1.54) is 35.3 Å². The zero-order valence-corrected chi connectivity index (χ0v) is 25.8. The highest BCUT2D eigenvalue weighted by Gasteiger charge is 2.55. The van der Waals surface area contributed by atoms with E-state index in [0.717, 1.165) is 16.4 Å². The van der Waals surface area contributed by atoms with Crippen LogP contribution in [0.4, 0.5) is 5.13 Å². The number of nitroso groups, excluding NO2 is 1. The highest BCUT2D eigenvalue weighted by Crippen LogP contribution is 2.45. The second kappa shape index (κ2) is 14.8. The molecule has 2 aliphatic heterocycles. The molecule has 2 aromatic heterocycles. The van der Waals surface area contributed by atoms with Crippen molar-refractivity contribution in [3.63, 3.8) is 0 Å². The molecule has 1 fully saturated rings. The highest BCUT2D eigenvalue weighted by molar-refractivity contribution is 8.06. The number of nitrogen functional groups attached to an aromatic ring is 1. The molecule has 0 aromatic carbocycles. The van der Waals surface area contributed by atoms with E-state index in [1.807, 2.05) is 0 Å². The van der Waals surface area contributed by atoms with Crippen LogP contribution in [0.2, 0.25) is 0 Å². The van der Waals surface area contributed by atoms with Crippen molar-refractivity contribution in [1.29, 1.82) is 0 Å². The predicted molar refractivity (Wildman–Crippen MR) is 164 cm³/mol. The lowest BCUT2D eigenvalue weighted by Gasteiger charge is -2.49. The second-order valence-electron chi connectivity index (χ2n) is 9.14. The fourth-order valence-electron chi connectivity index (χ4n) is 4.09. The molecule has 4 amide bonds. The zero-order valence-electron chi connectivity index (χ0n) is 22.6. The molecule has 2 aromatic rings. The van der Waals surface area contributed by atoms with Crippen molar-refractivity contribution in [3.05, 3.63) is 45.4 Å². The molecule has 2 aliphatic rings. The number of fused-ring (bicyclic) bond motifs is 1. The summed E-state index contributed by atoms with van der Waals surface area (Å²) in [5.41, 5.74) is 16.7. The molecule has 0 bridgehead atoms. The fourth-order valence-corrected chi connectivity index (χ4v) is 8.02. The number of carbonyl (C=O) groups is 5. The number of nitrogens with zero attached hydrogens (tertiary/aromatic N) is 5. The number of β-lactam (4-membered cyclic amide) rings is 1. The number of aromatic nitrogens is 3. The predicted octanol–water partition coefficient (Wildman–Crippen LogP) is -0.637. The van der Waals surface area contributed by atoms with Crippen molar-refractivity contribution in [2.75, 3.05) is 23.8 Å². The van der Waals surface area contributed by atoms with Crippen LogP contribution in [-0.4, -0.2) is 89.5 Å². The number of hydrogen-bond acceptors (Lipinski definition) is 16. The zero-order chi connectivity index (χ0) is 32.0. The number of carboxylic acids is 1. The SMILES string of the molecule is NC(=O)C[C@H](N)C(=O)NCCSCc1ncccc1SC1=C(C(=O)O)N2C(=O)[C@@H](NC(=O)C(N=O)c3nsc(N)n3)[C@@H]2SC1. The lowest BCUT2D eigenvalue weighted by atomic mass is 10.0. The number of rotatable bonds is 15. The average Bonchev–Trinajstić information content (AvgIpc) is 3.41. The van der Waals surface area contributed by atoms with Crippen molar-refractivity contribution >= 4 is 81.5 Å². The van der Waals surface area contributed by atoms with Gasteiger partial charge in [0, 0.05) is 51.3 Å². The quantitative estimate of drug-likeness (QED) is 0.0774. The Labute approximate surface area is 266 Å². The molecular formula is C23H26N10O7S4. The summed E-state index contributed by atoms with van der Waals surface area (Å²) >= 11 is 4.69. The Bertz CT molecular complexity index is 1510. The lowest BCUT2D eigenvalue weighted by Crippen LogP contribution is -2.70. The van der Waals surface area contributed by atoms with Gasteiger partial charge in [0.2, 0.25) is 17.9 Å². The van der Waals surface area contributed by atoms with Gasteiger partial charge in [-0.05, 0) is 17.3 Å². The molecule has 4 rings (SSSR count). The summed E-state index contributed by atoms with van der Waals surface area (Å²) in [6, 6.07) is -0.216. The molecule has 0 aliphatic carbocycles. The van der Waals surface area contributed by atoms with Crippen molar-refractivity contribution in [1.82, 2.24) is 29.9 Å². The van der Waals surface area contributed by atoms with E-state index in [4.69, 9.17) is 17.2 Å². The van der Waals surface area contributed by atoms with Crippen LogP contribution in [-0.2, 0) is 29.7 Å². The third-order valence-corrected chi connectivity index (χ3v) is 10.3. The van der Waals surface area contributed by atoms with E-state index in [2.05, 4.69) is 30.2 Å². The van der Waals surface area contributed by atoms with Gasteiger partial charge in [-0.3, -0.25) is 29.1 Å². The van der Waals surface area contributed by atoms with E-state index < -0.39 is 53.1 Å². The fraction of sp³-hybridized carbons (Fsp3) is 0.391. The van der Waals surface area contributed by atoms with Crippen LogP contribution >= 0.6 is 46.8 Å². The van der Waals surface area contributed by atoms with Crippen molar-refractivity contribution in [3.8, 4) is 0 Å². The smallest absolute Gasteiger partial charge is 0.353 e. The normalized spacial score (nSPS) is 18.9. The Morgan fingerprint density at radius 1 is 1.27 bits per heavy atom. The molecule has 4 heterocycles.